The Hall–Kier alpha value is -0.550. The number of thioether (sulfide) groups is 1. The van der Waals surface area contributed by atoms with Gasteiger partial charge >= 0.3 is 0 Å². The predicted molar refractivity (Wildman–Crippen MR) is 50.0 cm³/mol. The summed E-state index contributed by atoms with van der Waals surface area (Å²) in [5.74, 6) is 0. The molecule has 0 bridgehead atoms. The first kappa shape index (κ1) is 9.54. The Labute approximate surface area is 76.3 Å². The zero-order chi connectivity index (χ0) is 8.97. The SMILES string of the molecule is CC(N)CC(C)Sc1ncn[nH]1. The van der Waals surface area contributed by atoms with Crippen molar-refractivity contribution in [3.63, 3.8) is 0 Å². The first-order chi connectivity index (χ1) is 5.68. The van der Waals surface area contributed by atoms with Crippen LogP contribution in [0.15, 0.2) is 11.5 Å². The van der Waals surface area contributed by atoms with Gasteiger partial charge in [-0.1, -0.05) is 18.7 Å². The minimum Gasteiger partial charge on any atom is -0.328 e. The van der Waals surface area contributed by atoms with Crippen molar-refractivity contribution >= 4 is 11.8 Å². The van der Waals surface area contributed by atoms with Crippen LogP contribution in [0.25, 0.3) is 0 Å². The Morgan fingerprint density at radius 2 is 2.42 bits per heavy atom. The maximum atomic E-state index is 5.66. The average molecular weight is 186 g/mol. The Morgan fingerprint density at radius 3 is 2.92 bits per heavy atom. The van der Waals surface area contributed by atoms with E-state index in [4.69, 9.17) is 5.73 Å². The van der Waals surface area contributed by atoms with Gasteiger partial charge in [-0.3, -0.25) is 5.10 Å². The van der Waals surface area contributed by atoms with Gasteiger partial charge < -0.3 is 5.73 Å². The molecule has 0 amide bonds. The summed E-state index contributed by atoms with van der Waals surface area (Å²) >= 11 is 1.67. The lowest BCUT2D eigenvalue weighted by atomic mass is 10.2. The van der Waals surface area contributed by atoms with E-state index in [0.29, 0.717) is 5.25 Å². The zero-order valence-corrected chi connectivity index (χ0v) is 8.14. The number of aromatic nitrogens is 3. The molecule has 0 fully saturated rings. The summed E-state index contributed by atoms with van der Waals surface area (Å²) in [7, 11) is 0. The highest BCUT2D eigenvalue weighted by atomic mass is 32.2. The molecule has 12 heavy (non-hydrogen) atoms. The quantitative estimate of drug-likeness (QED) is 0.689. The third-order valence-electron chi connectivity index (χ3n) is 1.41. The van der Waals surface area contributed by atoms with Gasteiger partial charge in [-0.2, -0.15) is 5.10 Å². The van der Waals surface area contributed by atoms with Crippen LogP contribution in [-0.2, 0) is 0 Å². The number of nitrogens with two attached hydrogens (primary N) is 1. The topological polar surface area (TPSA) is 67.6 Å². The maximum Gasteiger partial charge on any atom is 0.183 e. The summed E-state index contributed by atoms with van der Waals surface area (Å²) in [6.07, 6.45) is 2.51. The van der Waals surface area contributed by atoms with E-state index in [1.165, 1.54) is 6.33 Å². The summed E-state index contributed by atoms with van der Waals surface area (Å²) in [6, 6.07) is 0.246. The van der Waals surface area contributed by atoms with Crippen molar-refractivity contribution in [3.05, 3.63) is 6.33 Å². The third kappa shape index (κ3) is 3.23. The molecule has 0 saturated heterocycles. The molecule has 0 radical (unpaired) electrons. The number of H-pyrrole nitrogens is 1. The van der Waals surface area contributed by atoms with E-state index in [-0.39, 0.29) is 6.04 Å². The van der Waals surface area contributed by atoms with E-state index >= 15 is 0 Å². The molecule has 0 aliphatic carbocycles. The molecule has 2 atom stereocenters. The number of rotatable bonds is 4. The van der Waals surface area contributed by atoms with Gasteiger partial charge in [0.2, 0.25) is 0 Å². The highest BCUT2D eigenvalue weighted by Crippen LogP contribution is 2.21. The fraction of sp³-hybridized carbons (Fsp3) is 0.714. The van der Waals surface area contributed by atoms with Gasteiger partial charge in [0.05, 0.1) is 0 Å². The van der Waals surface area contributed by atoms with Gasteiger partial charge in [-0.05, 0) is 13.3 Å². The fourth-order valence-corrected chi connectivity index (χ4v) is 2.01. The molecule has 1 heterocycles. The Balaban J connectivity index is 2.32. The van der Waals surface area contributed by atoms with Crippen molar-refractivity contribution < 1.29 is 0 Å². The molecule has 1 aromatic rings. The van der Waals surface area contributed by atoms with Crippen molar-refractivity contribution in [2.75, 3.05) is 0 Å². The summed E-state index contributed by atoms with van der Waals surface area (Å²) in [5.41, 5.74) is 5.66. The summed E-state index contributed by atoms with van der Waals surface area (Å²) in [4.78, 5) is 4.02. The molecule has 1 aromatic heterocycles. The number of nitrogens with zero attached hydrogens (tertiary/aromatic N) is 2. The molecule has 4 nitrogen and oxygen atoms in total. The minimum absolute atomic E-state index is 0.246. The van der Waals surface area contributed by atoms with Crippen molar-refractivity contribution in [1.82, 2.24) is 15.2 Å². The van der Waals surface area contributed by atoms with Gasteiger partial charge in [0, 0.05) is 11.3 Å². The van der Waals surface area contributed by atoms with Gasteiger partial charge in [-0.25, -0.2) is 4.98 Å². The van der Waals surface area contributed by atoms with Gasteiger partial charge in [0.25, 0.3) is 0 Å². The van der Waals surface area contributed by atoms with Crippen LogP contribution in [0.5, 0.6) is 0 Å². The minimum atomic E-state index is 0.246. The van der Waals surface area contributed by atoms with Crippen LogP contribution in [0.2, 0.25) is 0 Å². The van der Waals surface area contributed by atoms with Gasteiger partial charge in [0.15, 0.2) is 5.16 Å². The molecule has 3 N–H and O–H groups in total. The second-order valence-electron chi connectivity index (χ2n) is 2.93. The second-order valence-corrected chi connectivity index (χ2v) is 4.36. The first-order valence-corrected chi connectivity index (χ1v) is 4.84. The molecule has 5 heteroatoms. The van der Waals surface area contributed by atoms with Crippen LogP contribution in [0.4, 0.5) is 0 Å². The third-order valence-corrected chi connectivity index (χ3v) is 2.42. The normalized spacial score (nSPS) is 15.9. The van der Waals surface area contributed by atoms with Crippen molar-refractivity contribution in [2.24, 2.45) is 5.73 Å². The largest absolute Gasteiger partial charge is 0.328 e. The Kier molecular flexibility index (Phi) is 3.55. The van der Waals surface area contributed by atoms with Gasteiger partial charge in [0.1, 0.15) is 6.33 Å². The zero-order valence-electron chi connectivity index (χ0n) is 7.32. The number of hydrogen-bond donors (Lipinski definition) is 2. The molecule has 0 saturated carbocycles. The lowest BCUT2D eigenvalue weighted by Crippen LogP contribution is -2.19. The molecule has 0 aliphatic heterocycles. The van der Waals surface area contributed by atoms with E-state index in [2.05, 4.69) is 22.1 Å². The monoisotopic (exact) mass is 186 g/mol. The van der Waals surface area contributed by atoms with Crippen LogP contribution in [0.1, 0.15) is 20.3 Å². The van der Waals surface area contributed by atoms with Crippen molar-refractivity contribution in [1.29, 1.82) is 0 Å². The molecule has 2 unspecified atom stereocenters. The second kappa shape index (κ2) is 4.47. The van der Waals surface area contributed by atoms with E-state index in [1.807, 2.05) is 6.92 Å². The molecular weight excluding hydrogens is 172 g/mol. The average Bonchev–Trinajstić information content (AvgIpc) is 2.37. The van der Waals surface area contributed by atoms with Crippen LogP contribution in [0, 0.1) is 0 Å². The number of aromatic amines is 1. The van der Waals surface area contributed by atoms with Gasteiger partial charge in [-0.15, -0.1) is 0 Å². The summed E-state index contributed by atoms with van der Waals surface area (Å²) < 4.78 is 0. The molecule has 0 aliphatic rings. The first-order valence-electron chi connectivity index (χ1n) is 3.96. The lowest BCUT2D eigenvalue weighted by molar-refractivity contribution is 0.661. The van der Waals surface area contributed by atoms with E-state index in [9.17, 15) is 0 Å². The van der Waals surface area contributed by atoms with Crippen LogP contribution >= 0.6 is 11.8 Å². The Bertz CT molecular complexity index is 209. The Morgan fingerprint density at radius 1 is 1.67 bits per heavy atom. The summed E-state index contributed by atoms with van der Waals surface area (Å²) in [6.45, 7) is 4.15. The predicted octanol–water partition coefficient (Wildman–Crippen LogP) is 1.02. The van der Waals surface area contributed by atoms with Crippen LogP contribution in [0.3, 0.4) is 0 Å². The van der Waals surface area contributed by atoms with Crippen molar-refractivity contribution in [3.8, 4) is 0 Å². The van der Waals surface area contributed by atoms with E-state index in [1.54, 1.807) is 11.8 Å². The number of hydrogen-bond acceptors (Lipinski definition) is 4. The fourth-order valence-electron chi connectivity index (χ4n) is 1.01. The highest BCUT2D eigenvalue weighted by molar-refractivity contribution is 7.99. The molecule has 0 spiro atoms. The van der Waals surface area contributed by atoms with E-state index in [0.717, 1.165) is 11.6 Å². The molecule has 68 valence electrons. The molecule has 1 rings (SSSR count). The molecular formula is C7H14N4S. The number of nitrogens with one attached hydrogen (secondary N) is 1. The van der Waals surface area contributed by atoms with Crippen LogP contribution < -0.4 is 5.73 Å². The molecule has 0 aromatic carbocycles. The highest BCUT2D eigenvalue weighted by Gasteiger charge is 2.08. The van der Waals surface area contributed by atoms with Crippen molar-refractivity contribution in [2.45, 2.75) is 36.7 Å². The van der Waals surface area contributed by atoms with Crippen LogP contribution in [-0.4, -0.2) is 26.5 Å². The van der Waals surface area contributed by atoms with E-state index < -0.39 is 0 Å². The lowest BCUT2D eigenvalue weighted by Gasteiger charge is -2.10. The summed E-state index contributed by atoms with van der Waals surface area (Å²) in [5, 5.41) is 7.92. The standard InChI is InChI=1S/C7H14N4S/c1-5(8)3-6(2)12-7-9-4-10-11-7/h4-6H,3,8H2,1-2H3,(H,9,10,11). The smallest absolute Gasteiger partial charge is 0.183 e. The maximum absolute atomic E-state index is 5.66.